The SMILES string of the molecule is CC(C)(C)C[N+](C)(CC(C)(C)C)CC(C)(C)C.[OH-]. The van der Waals surface area contributed by atoms with E-state index in [9.17, 15) is 0 Å². The summed E-state index contributed by atoms with van der Waals surface area (Å²) in [6.07, 6.45) is 0. The number of nitrogens with zero attached hydrogens (tertiary/aromatic N) is 1. The van der Waals surface area contributed by atoms with Crippen LogP contribution in [0.5, 0.6) is 0 Å². The highest BCUT2D eigenvalue weighted by Gasteiger charge is 2.36. The molecule has 0 aliphatic carbocycles. The Balaban J connectivity index is 0. The summed E-state index contributed by atoms with van der Waals surface area (Å²) in [6.45, 7) is 25.0. The molecule has 0 atom stereocenters. The van der Waals surface area contributed by atoms with Crippen LogP contribution >= 0.6 is 0 Å². The van der Waals surface area contributed by atoms with Crippen LogP contribution in [0.4, 0.5) is 0 Å². The second-order valence-corrected chi connectivity index (χ2v) is 9.78. The highest BCUT2D eigenvalue weighted by atomic mass is 16.0. The van der Waals surface area contributed by atoms with Crippen LogP contribution in [0.15, 0.2) is 0 Å². The molecule has 0 aliphatic heterocycles. The molecule has 1 N–H and O–H groups in total. The predicted octanol–water partition coefficient (Wildman–Crippen LogP) is 4.39. The lowest BCUT2D eigenvalue weighted by Gasteiger charge is -2.46. The second-order valence-electron chi connectivity index (χ2n) is 9.78. The van der Waals surface area contributed by atoms with Gasteiger partial charge in [-0.2, -0.15) is 0 Å². The van der Waals surface area contributed by atoms with E-state index in [0.29, 0.717) is 16.2 Å². The van der Waals surface area contributed by atoms with E-state index in [1.807, 2.05) is 0 Å². The molecule has 112 valence electrons. The lowest BCUT2D eigenvalue weighted by atomic mass is 9.87. The number of hydrogen-bond acceptors (Lipinski definition) is 1. The van der Waals surface area contributed by atoms with Gasteiger partial charge in [-0.3, -0.25) is 0 Å². The Morgan fingerprint density at radius 3 is 0.833 bits per heavy atom. The first-order chi connectivity index (χ1) is 7.12. The first-order valence-electron chi connectivity index (χ1n) is 6.96. The summed E-state index contributed by atoms with van der Waals surface area (Å²) in [5.41, 5.74) is 1.18. The van der Waals surface area contributed by atoms with E-state index in [4.69, 9.17) is 0 Å². The molecule has 0 saturated heterocycles. The maximum absolute atomic E-state index is 2.43. The molecule has 0 amide bonds. The standard InChI is InChI=1S/C16H36N.H2O/c1-14(2,3)11-17(10,12-15(4,5)6)13-16(7,8)9;/h11-13H2,1-10H3;1H2/q+1;/p-1. The Morgan fingerprint density at radius 2 is 0.722 bits per heavy atom. The summed E-state index contributed by atoms with van der Waals surface area (Å²) >= 11 is 0. The van der Waals surface area contributed by atoms with E-state index in [1.54, 1.807) is 0 Å². The monoisotopic (exact) mass is 259 g/mol. The largest absolute Gasteiger partial charge is 0.870 e. The molecule has 0 aromatic rings. The Morgan fingerprint density at radius 1 is 0.556 bits per heavy atom. The molecule has 0 radical (unpaired) electrons. The van der Waals surface area contributed by atoms with Crippen molar-refractivity contribution >= 4 is 0 Å². The van der Waals surface area contributed by atoms with Gasteiger partial charge in [0.1, 0.15) is 0 Å². The molecular formula is C16H37NO. The van der Waals surface area contributed by atoms with Crippen LogP contribution in [-0.4, -0.2) is 36.6 Å². The zero-order valence-corrected chi connectivity index (χ0v) is 14.5. The molecule has 18 heavy (non-hydrogen) atoms. The molecule has 0 aliphatic rings. The van der Waals surface area contributed by atoms with E-state index in [-0.39, 0.29) is 5.48 Å². The summed E-state index contributed by atoms with van der Waals surface area (Å²) in [5.74, 6) is 0. The van der Waals surface area contributed by atoms with Gasteiger partial charge in [-0.25, -0.2) is 0 Å². The van der Waals surface area contributed by atoms with Gasteiger partial charge < -0.3 is 9.96 Å². The summed E-state index contributed by atoms with van der Waals surface area (Å²) in [6, 6.07) is 0. The van der Waals surface area contributed by atoms with Gasteiger partial charge in [0, 0.05) is 16.2 Å². The Labute approximate surface area is 116 Å². The number of hydrogen-bond donors (Lipinski definition) is 0. The zero-order valence-electron chi connectivity index (χ0n) is 14.5. The molecule has 0 unspecified atom stereocenters. The second kappa shape index (κ2) is 5.92. The summed E-state index contributed by atoms with van der Waals surface area (Å²) in [4.78, 5) is 0. The van der Waals surface area contributed by atoms with Crippen molar-refractivity contribution in [3.05, 3.63) is 0 Å². The molecule has 0 spiro atoms. The van der Waals surface area contributed by atoms with Crippen LogP contribution in [0.3, 0.4) is 0 Å². The fraction of sp³-hybridized carbons (Fsp3) is 1.00. The van der Waals surface area contributed by atoms with E-state index in [2.05, 4.69) is 69.4 Å². The van der Waals surface area contributed by atoms with Crippen LogP contribution in [0.2, 0.25) is 0 Å². The van der Waals surface area contributed by atoms with Crippen LogP contribution in [-0.2, 0) is 0 Å². The summed E-state index contributed by atoms with van der Waals surface area (Å²) in [5, 5.41) is 0. The van der Waals surface area contributed by atoms with Gasteiger partial charge >= 0.3 is 0 Å². The molecule has 0 saturated carbocycles. The minimum Gasteiger partial charge on any atom is -0.870 e. The van der Waals surface area contributed by atoms with Gasteiger partial charge in [0.05, 0.1) is 26.7 Å². The van der Waals surface area contributed by atoms with Crippen LogP contribution in [0, 0.1) is 16.2 Å². The van der Waals surface area contributed by atoms with Gasteiger partial charge in [-0.05, 0) is 0 Å². The third kappa shape index (κ3) is 11.0. The van der Waals surface area contributed by atoms with Crippen molar-refractivity contribution in [1.29, 1.82) is 0 Å². The molecule has 2 heteroatoms. The van der Waals surface area contributed by atoms with Crippen molar-refractivity contribution in [2.24, 2.45) is 16.2 Å². The van der Waals surface area contributed by atoms with Gasteiger partial charge in [-0.1, -0.05) is 62.3 Å². The lowest BCUT2D eigenvalue weighted by molar-refractivity contribution is -0.926. The topological polar surface area (TPSA) is 30.0 Å². The van der Waals surface area contributed by atoms with Crippen LogP contribution < -0.4 is 0 Å². The average Bonchev–Trinajstić information content (AvgIpc) is 1.65. The third-order valence-corrected chi connectivity index (χ3v) is 2.57. The van der Waals surface area contributed by atoms with Gasteiger partial charge in [-0.15, -0.1) is 0 Å². The van der Waals surface area contributed by atoms with Crippen LogP contribution in [0.1, 0.15) is 62.3 Å². The van der Waals surface area contributed by atoms with Crippen molar-refractivity contribution in [1.82, 2.24) is 0 Å². The van der Waals surface area contributed by atoms with Crippen molar-refractivity contribution in [3.8, 4) is 0 Å². The zero-order chi connectivity index (χ0) is 14.1. The maximum atomic E-state index is 2.43. The maximum Gasteiger partial charge on any atom is 0.0833 e. The minimum absolute atomic E-state index is 0. The lowest BCUT2D eigenvalue weighted by Crippen LogP contribution is -2.56. The number of quaternary nitrogens is 1. The first-order valence-corrected chi connectivity index (χ1v) is 6.96. The molecular weight excluding hydrogens is 222 g/mol. The van der Waals surface area contributed by atoms with Crippen molar-refractivity contribution in [2.75, 3.05) is 26.7 Å². The van der Waals surface area contributed by atoms with E-state index in [1.165, 1.54) is 24.1 Å². The van der Waals surface area contributed by atoms with E-state index < -0.39 is 0 Å². The number of rotatable bonds is 3. The van der Waals surface area contributed by atoms with Crippen LogP contribution in [0.25, 0.3) is 0 Å². The highest BCUT2D eigenvalue weighted by molar-refractivity contribution is 4.69. The molecule has 0 aromatic carbocycles. The molecule has 0 fully saturated rings. The Bertz CT molecular complexity index is 196. The van der Waals surface area contributed by atoms with Gasteiger partial charge in [0.25, 0.3) is 0 Å². The highest BCUT2D eigenvalue weighted by Crippen LogP contribution is 2.29. The quantitative estimate of drug-likeness (QED) is 0.691. The Kier molecular flexibility index (Phi) is 6.65. The normalized spacial score (nSPS) is 14.3. The molecule has 0 aromatic heterocycles. The fourth-order valence-corrected chi connectivity index (χ4v) is 3.60. The van der Waals surface area contributed by atoms with Crippen molar-refractivity contribution < 1.29 is 9.96 Å². The average molecular weight is 259 g/mol. The molecule has 0 bridgehead atoms. The minimum atomic E-state index is 0. The molecule has 2 nitrogen and oxygen atoms in total. The van der Waals surface area contributed by atoms with Crippen molar-refractivity contribution in [3.63, 3.8) is 0 Å². The van der Waals surface area contributed by atoms with Gasteiger partial charge in [0.2, 0.25) is 0 Å². The molecule has 0 heterocycles. The van der Waals surface area contributed by atoms with E-state index >= 15 is 0 Å². The first kappa shape index (κ1) is 20.2. The molecule has 0 rings (SSSR count). The Hall–Kier alpha value is -0.0800. The van der Waals surface area contributed by atoms with E-state index in [0.717, 1.165) is 0 Å². The summed E-state index contributed by atoms with van der Waals surface area (Å²) < 4.78 is 1.18. The van der Waals surface area contributed by atoms with Gasteiger partial charge in [0.15, 0.2) is 0 Å². The third-order valence-electron chi connectivity index (χ3n) is 2.57. The predicted molar refractivity (Wildman–Crippen MR) is 81.1 cm³/mol. The fourth-order valence-electron chi connectivity index (χ4n) is 3.60. The summed E-state index contributed by atoms with van der Waals surface area (Å²) in [7, 11) is 2.43. The van der Waals surface area contributed by atoms with Crippen molar-refractivity contribution in [2.45, 2.75) is 62.3 Å². The smallest absolute Gasteiger partial charge is 0.0833 e.